The lowest BCUT2D eigenvalue weighted by Gasteiger charge is -2.13. The zero-order valence-electron chi connectivity index (χ0n) is 12.7. The highest BCUT2D eigenvalue weighted by Gasteiger charge is 2.14. The van der Waals surface area contributed by atoms with Gasteiger partial charge in [0.2, 0.25) is 0 Å². The van der Waals surface area contributed by atoms with Crippen LogP contribution in [0.4, 0.5) is 0 Å². The molecule has 0 aromatic rings. The quantitative estimate of drug-likeness (QED) is 0.762. The van der Waals surface area contributed by atoms with Crippen molar-refractivity contribution in [2.45, 2.75) is 66.5 Å². The van der Waals surface area contributed by atoms with Crippen molar-refractivity contribution in [2.24, 2.45) is 23.3 Å². The van der Waals surface area contributed by atoms with Crippen LogP contribution >= 0.6 is 0 Å². The van der Waals surface area contributed by atoms with Crippen molar-refractivity contribution in [3.05, 3.63) is 0 Å². The summed E-state index contributed by atoms with van der Waals surface area (Å²) >= 11 is 0. The van der Waals surface area contributed by atoms with Gasteiger partial charge in [0.25, 0.3) is 0 Å². The van der Waals surface area contributed by atoms with Crippen LogP contribution in [0.2, 0.25) is 0 Å². The molecule has 108 valence electrons. The Bertz CT molecular complexity index is 228. The molecule has 0 radical (unpaired) electrons. The minimum Gasteiger partial charge on any atom is -0.321 e. The summed E-state index contributed by atoms with van der Waals surface area (Å²) in [5, 5.41) is 0. The third-order valence-electron chi connectivity index (χ3n) is 3.45. The van der Waals surface area contributed by atoms with Crippen molar-refractivity contribution in [3.63, 3.8) is 0 Å². The highest BCUT2D eigenvalue weighted by Crippen LogP contribution is 2.05. The van der Waals surface area contributed by atoms with Gasteiger partial charge >= 0.3 is 0 Å². The van der Waals surface area contributed by atoms with E-state index < -0.39 is 0 Å². The van der Waals surface area contributed by atoms with Gasteiger partial charge in [0.15, 0.2) is 0 Å². The Morgan fingerprint density at radius 1 is 0.833 bits per heavy atom. The van der Waals surface area contributed by atoms with Crippen LogP contribution in [0.15, 0.2) is 0 Å². The van der Waals surface area contributed by atoms with Gasteiger partial charge < -0.3 is 11.5 Å². The molecule has 0 saturated carbocycles. The zero-order chi connectivity index (χ0) is 14.9. The molecule has 0 spiro atoms. The predicted octanol–water partition coefficient (Wildman–Crippen LogP) is 1.90. The molecule has 0 aliphatic heterocycles. The molecule has 0 heterocycles. The van der Waals surface area contributed by atoms with Gasteiger partial charge in [0.05, 0.1) is 12.1 Å². The molecule has 0 aliphatic rings. The van der Waals surface area contributed by atoms with E-state index in [1.165, 1.54) is 13.8 Å². The highest BCUT2D eigenvalue weighted by molar-refractivity contribution is 5.81. The Labute approximate surface area is 111 Å². The Balaban J connectivity index is 0. The predicted molar refractivity (Wildman–Crippen MR) is 76.2 cm³/mol. The third-order valence-corrected chi connectivity index (χ3v) is 3.45. The van der Waals surface area contributed by atoms with E-state index in [1.807, 2.05) is 27.7 Å². The molecule has 0 unspecified atom stereocenters. The summed E-state index contributed by atoms with van der Waals surface area (Å²) in [7, 11) is 0. The molecule has 0 aromatic carbocycles. The van der Waals surface area contributed by atoms with E-state index in [4.69, 9.17) is 11.5 Å². The molecule has 4 heteroatoms. The number of hydrogen-bond acceptors (Lipinski definition) is 4. The molecule has 0 bridgehead atoms. The molecule has 0 aromatic heterocycles. The first-order valence-corrected chi connectivity index (χ1v) is 6.70. The minimum absolute atomic E-state index is 0.0874. The maximum atomic E-state index is 10.6. The second-order valence-corrected chi connectivity index (χ2v) is 5.04. The van der Waals surface area contributed by atoms with Gasteiger partial charge in [-0.25, -0.2) is 0 Å². The normalized spacial score (nSPS) is 16.9. The molecule has 4 atom stereocenters. The summed E-state index contributed by atoms with van der Waals surface area (Å²) in [6, 6.07) is -0.509. The number of ketones is 2. The SMILES string of the molecule is CC[C@@H](C)[C@@H](N)C(C)=O.CC[C@H](C)[C@@H](N)C(C)=O. The lowest BCUT2D eigenvalue weighted by atomic mass is 9.97. The summed E-state index contributed by atoms with van der Waals surface area (Å²) in [5.74, 6) is 0.818. The number of carbonyl (C=O) groups excluding carboxylic acids is 2. The number of carbonyl (C=O) groups is 2. The van der Waals surface area contributed by atoms with E-state index in [2.05, 4.69) is 0 Å². The van der Waals surface area contributed by atoms with Gasteiger partial charge in [-0.3, -0.25) is 9.59 Å². The van der Waals surface area contributed by atoms with Gasteiger partial charge in [-0.2, -0.15) is 0 Å². The van der Waals surface area contributed by atoms with Crippen molar-refractivity contribution < 1.29 is 9.59 Å². The molecule has 0 rings (SSSR count). The second kappa shape index (κ2) is 10.2. The zero-order valence-corrected chi connectivity index (χ0v) is 12.7. The van der Waals surface area contributed by atoms with E-state index in [0.29, 0.717) is 11.8 Å². The van der Waals surface area contributed by atoms with E-state index in [0.717, 1.165) is 12.8 Å². The average Bonchev–Trinajstić information content (AvgIpc) is 2.35. The second-order valence-electron chi connectivity index (χ2n) is 5.04. The fourth-order valence-corrected chi connectivity index (χ4v) is 1.31. The van der Waals surface area contributed by atoms with Crippen molar-refractivity contribution in [2.75, 3.05) is 0 Å². The van der Waals surface area contributed by atoms with E-state index in [-0.39, 0.29) is 23.7 Å². The average molecular weight is 258 g/mol. The Kier molecular flexibility index (Phi) is 11.1. The van der Waals surface area contributed by atoms with Crippen LogP contribution in [0, 0.1) is 11.8 Å². The van der Waals surface area contributed by atoms with Crippen LogP contribution in [0.1, 0.15) is 54.4 Å². The van der Waals surface area contributed by atoms with Crippen molar-refractivity contribution in [3.8, 4) is 0 Å². The first-order valence-electron chi connectivity index (χ1n) is 6.70. The molecule has 4 nitrogen and oxygen atoms in total. The van der Waals surface area contributed by atoms with Gasteiger partial charge in [0.1, 0.15) is 11.6 Å². The monoisotopic (exact) mass is 258 g/mol. The summed E-state index contributed by atoms with van der Waals surface area (Å²) in [5.41, 5.74) is 11.0. The van der Waals surface area contributed by atoms with E-state index in [9.17, 15) is 9.59 Å². The van der Waals surface area contributed by atoms with Crippen LogP contribution in [0.25, 0.3) is 0 Å². The number of nitrogens with two attached hydrogens (primary N) is 2. The molecule has 0 fully saturated rings. The molecule has 0 amide bonds. The molecule has 0 saturated heterocycles. The maximum absolute atomic E-state index is 10.6. The topological polar surface area (TPSA) is 86.2 Å². The van der Waals surface area contributed by atoms with E-state index >= 15 is 0 Å². The van der Waals surface area contributed by atoms with Gasteiger partial charge in [0, 0.05) is 0 Å². The fourth-order valence-electron chi connectivity index (χ4n) is 1.31. The largest absolute Gasteiger partial charge is 0.321 e. The Morgan fingerprint density at radius 2 is 1.06 bits per heavy atom. The first kappa shape index (κ1) is 19.6. The Morgan fingerprint density at radius 3 is 1.11 bits per heavy atom. The van der Waals surface area contributed by atoms with Gasteiger partial charge in [-0.05, 0) is 25.7 Å². The summed E-state index contributed by atoms with van der Waals surface area (Å²) < 4.78 is 0. The third kappa shape index (κ3) is 8.37. The molecular formula is C14H30N2O2. The van der Waals surface area contributed by atoms with Crippen molar-refractivity contribution in [1.29, 1.82) is 0 Å². The minimum atomic E-state index is -0.255. The van der Waals surface area contributed by atoms with Crippen LogP contribution in [0.5, 0.6) is 0 Å². The molecule has 4 N–H and O–H groups in total. The van der Waals surface area contributed by atoms with Gasteiger partial charge in [-0.15, -0.1) is 0 Å². The van der Waals surface area contributed by atoms with E-state index in [1.54, 1.807) is 0 Å². The first-order chi connectivity index (χ1) is 8.18. The number of hydrogen-bond donors (Lipinski definition) is 2. The summed E-state index contributed by atoms with van der Waals surface area (Å²) in [6.45, 7) is 11.1. The van der Waals surface area contributed by atoms with Crippen LogP contribution in [0.3, 0.4) is 0 Å². The summed E-state index contributed by atoms with van der Waals surface area (Å²) in [6.07, 6.45) is 1.95. The number of rotatable bonds is 6. The summed E-state index contributed by atoms with van der Waals surface area (Å²) in [4.78, 5) is 21.2. The highest BCUT2D eigenvalue weighted by atomic mass is 16.1. The fraction of sp³-hybridized carbons (Fsp3) is 0.857. The van der Waals surface area contributed by atoms with Crippen LogP contribution in [-0.4, -0.2) is 23.7 Å². The smallest absolute Gasteiger partial charge is 0.146 e. The molecular weight excluding hydrogens is 228 g/mol. The Hall–Kier alpha value is -0.740. The molecule has 0 aliphatic carbocycles. The lowest BCUT2D eigenvalue weighted by Crippen LogP contribution is -2.34. The maximum Gasteiger partial charge on any atom is 0.146 e. The van der Waals surface area contributed by atoms with Crippen molar-refractivity contribution >= 4 is 11.6 Å². The lowest BCUT2D eigenvalue weighted by molar-refractivity contribution is -0.120. The molecule has 18 heavy (non-hydrogen) atoms. The van der Waals surface area contributed by atoms with Crippen LogP contribution in [-0.2, 0) is 9.59 Å². The van der Waals surface area contributed by atoms with Crippen molar-refractivity contribution in [1.82, 2.24) is 0 Å². The van der Waals surface area contributed by atoms with Gasteiger partial charge in [-0.1, -0.05) is 40.5 Å². The number of Topliss-reactive ketones (excluding diaryl/α,β-unsaturated/α-hetero) is 2. The van der Waals surface area contributed by atoms with Crippen LogP contribution < -0.4 is 11.5 Å². The standard InChI is InChI=1S/2C7H15NO/c2*1-4-5(2)7(8)6(3)9/h2*5,7H,4,8H2,1-3H3/t5-,7+;5-,7-/m01/s1.